The van der Waals surface area contributed by atoms with E-state index >= 15 is 0 Å². The van der Waals surface area contributed by atoms with Crippen LogP contribution < -0.4 is 0 Å². The maximum atomic E-state index is 10.8. The lowest BCUT2D eigenvalue weighted by molar-refractivity contribution is 0.132. The van der Waals surface area contributed by atoms with Crippen molar-refractivity contribution in [3.05, 3.63) is 0 Å². The van der Waals surface area contributed by atoms with E-state index in [4.69, 9.17) is 4.74 Å². The summed E-state index contributed by atoms with van der Waals surface area (Å²) in [6.07, 6.45) is 0.0488. The van der Waals surface area contributed by atoms with Crippen molar-refractivity contribution in [2.24, 2.45) is 0 Å². The van der Waals surface area contributed by atoms with Crippen LogP contribution in [0.4, 0.5) is 4.79 Å². The predicted molar refractivity (Wildman–Crippen MR) is 32.5 cm³/mol. The van der Waals surface area contributed by atoms with E-state index in [1.165, 1.54) is 0 Å². The van der Waals surface area contributed by atoms with Gasteiger partial charge >= 0.3 is 6.09 Å². The van der Waals surface area contributed by atoms with Crippen LogP contribution in [-0.2, 0) is 4.74 Å². The molecule has 0 unspecified atom stereocenters. The molecule has 0 spiro atoms. The summed E-state index contributed by atoms with van der Waals surface area (Å²) in [7, 11) is 0. The van der Waals surface area contributed by atoms with E-state index in [9.17, 15) is 9.90 Å². The van der Waals surface area contributed by atoms with Crippen molar-refractivity contribution in [2.45, 2.75) is 18.6 Å². The number of aliphatic hydroxyl groups excluding tert-OH is 1. The molecule has 2 rings (SSSR count). The second-order valence-electron chi connectivity index (χ2n) is 2.69. The topological polar surface area (TPSA) is 49.8 Å². The van der Waals surface area contributed by atoms with E-state index in [-0.39, 0.29) is 18.2 Å². The average molecular weight is 143 g/mol. The van der Waals surface area contributed by atoms with Gasteiger partial charge in [0.1, 0.15) is 6.61 Å². The summed E-state index contributed by atoms with van der Waals surface area (Å²) in [4.78, 5) is 12.4. The zero-order valence-corrected chi connectivity index (χ0v) is 5.49. The Labute approximate surface area is 58.4 Å². The predicted octanol–water partition coefficient (Wildman–Crippen LogP) is -0.428. The minimum atomic E-state index is -0.369. The molecule has 4 heteroatoms. The van der Waals surface area contributed by atoms with Crippen molar-refractivity contribution in [1.29, 1.82) is 0 Å². The van der Waals surface area contributed by atoms with Crippen LogP contribution in [0.25, 0.3) is 0 Å². The van der Waals surface area contributed by atoms with Gasteiger partial charge in [-0.05, 0) is 6.42 Å². The fourth-order valence-electron chi connectivity index (χ4n) is 1.50. The lowest BCUT2D eigenvalue weighted by Gasteiger charge is -2.11. The number of amides is 1. The highest BCUT2D eigenvalue weighted by atomic mass is 16.6. The van der Waals surface area contributed by atoms with Crippen molar-refractivity contribution in [3.8, 4) is 0 Å². The van der Waals surface area contributed by atoms with Gasteiger partial charge in [0.15, 0.2) is 0 Å². The summed E-state index contributed by atoms with van der Waals surface area (Å²) >= 11 is 0. The van der Waals surface area contributed by atoms with Crippen molar-refractivity contribution in [2.75, 3.05) is 13.2 Å². The molecule has 2 atom stereocenters. The summed E-state index contributed by atoms with van der Waals surface area (Å²) < 4.78 is 4.72. The van der Waals surface area contributed by atoms with Gasteiger partial charge in [-0.1, -0.05) is 0 Å². The zero-order chi connectivity index (χ0) is 7.14. The molecule has 0 aromatic rings. The maximum Gasteiger partial charge on any atom is 0.410 e. The fourth-order valence-corrected chi connectivity index (χ4v) is 1.50. The first kappa shape index (κ1) is 5.97. The van der Waals surface area contributed by atoms with E-state index in [1.807, 2.05) is 0 Å². The quantitative estimate of drug-likeness (QED) is 0.500. The second kappa shape index (κ2) is 1.85. The standard InChI is InChI=1S/C6H9NO3/c8-5-1-2-7-4(5)3-10-6(7)9/h4-5,8H,1-3H2/t4-,5+/m0/s1. The van der Waals surface area contributed by atoms with Gasteiger partial charge in [0.25, 0.3) is 0 Å². The highest BCUT2D eigenvalue weighted by molar-refractivity contribution is 5.70. The number of fused-ring (bicyclic) bond motifs is 1. The lowest BCUT2D eigenvalue weighted by atomic mass is 10.2. The molecule has 1 amide bonds. The highest BCUT2D eigenvalue weighted by Crippen LogP contribution is 2.23. The van der Waals surface area contributed by atoms with Gasteiger partial charge in [-0.25, -0.2) is 4.79 Å². The third kappa shape index (κ3) is 0.623. The first-order valence-electron chi connectivity index (χ1n) is 3.40. The number of aliphatic hydroxyl groups is 1. The first-order chi connectivity index (χ1) is 4.79. The normalized spacial score (nSPS) is 38.1. The van der Waals surface area contributed by atoms with Gasteiger partial charge < -0.3 is 9.84 Å². The number of hydrogen-bond donors (Lipinski definition) is 1. The second-order valence-corrected chi connectivity index (χ2v) is 2.69. The van der Waals surface area contributed by atoms with Gasteiger partial charge in [-0.3, -0.25) is 4.90 Å². The molecule has 0 radical (unpaired) electrons. The molecule has 56 valence electrons. The molecular weight excluding hydrogens is 134 g/mol. The molecule has 0 aromatic heterocycles. The Hall–Kier alpha value is -0.770. The molecular formula is C6H9NO3. The van der Waals surface area contributed by atoms with E-state index in [1.54, 1.807) is 4.90 Å². The minimum absolute atomic E-state index is 0.0625. The summed E-state index contributed by atoms with van der Waals surface area (Å²) in [5, 5.41) is 9.24. The third-order valence-electron chi connectivity index (χ3n) is 2.12. The largest absolute Gasteiger partial charge is 0.447 e. The number of ether oxygens (including phenoxy) is 1. The van der Waals surface area contributed by atoms with Gasteiger partial charge in [0.2, 0.25) is 0 Å². The minimum Gasteiger partial charge on any atom is -0.447 e. The van der Waals surface area contributed by atoms with Gasteiger partial charge in [0, 0.05) is 6.54 Å². The number of carbonyl (C=O) groups is 1. The third-order valence-corrected chi connectivity index (χ3v) is 2.12. The summed E-state index contributed by atoms with van der Waals surface area (Å²) in [5.41, 5.74) is 0. The van der Waals surface area contributed by atoms with Crippen molar-refractivity contribution < 1.29 is 14.6 Å². The number of nitrogens with zero attached hydrogens (tertiary/aromatic N) is 1. The monoisotopic (exact) mass is 143 g/mol. The van der Waals surface area contributed by atoms with Crippen molar-refractivity contribution in [1.82, 2.24) is 4.90 Å². The Balaban J connectivity index is 2.16. The van der Waals surface area contributed by atoms with Crippen LogP contribution in [0.1, 0.15) is 6.42 Å². The van der Waals surface area contributed by atoms with Crippen molar-refractivity contribution >= 4 is 6.09 Å². The summed E-state index contributed by atoms with van der Waals surface area (Å²) in [5.74, 6) is 0. The smallest absolute Gasteiger partial charge is 0.410 e. The molecule has 1 N–H and O–H groups in total. The molecule has 2 saturated heterocycles. The van der Waals surface area contributed by atoms with E-state index in [2.05, 4.69) is 0 Å². The molecule has 0 bridgehead atoms. The Morgan fingerprint density at radius 3 is 3.20 bits per heavy atom. The van der Waals surface area contributed by atoms with E-state index < -0.39 is 0 Å². The molecule has 2 aliphatic heterocycles. The molecule has 10 heavy (non-hydrogen) atoms. The average Bonchev–Trinajstić information content (AvgIpc) is 2.41. The lowest BCUT2D eigenvalue weighted by Crippen LogP contribution is -2.32. The van der Waals surface area contributed by atoms with Crippen LogP contribution in [-0.4, -0.2) is 41.4 Å². The summed E-state index contributed by atoms with van der Waals surface area (Å²) in [6, 6.07) is -0.0625. The fraction of sp³-hybridized carbons (Fsp3) is 0.833. The molecule has 0 saturated carbocycles. The number of cyclic esters (lactones) is 1. The maximum absolute atomic E-state index is 10.8. The van der Waals surface area contributed by atoms with Crippen LogP contribution in [0.3, 0.4) is 0 Å². The molecule has 2 fully saturated rings. The summed E-state index contributed by atoms with van der Waals surface area (Å²) in [6.45, 7) is 1.00. The SMILES string of the molecule is O=C1OC[C@H]2[C@H](O)CCN12. The van der Waals surface area contributed by atoms with Crippen LogP contribution >= 0.6 is 0 Å². The van der Waals surface area contributed by atoms with Crippen LogP contribution in [0.5, 0.6) is 0 Å². The number of hydrogen-bond acceptors (Lipinski definition) is 3. The Morgan fingerprint density at radius 2 is 2.50 bits per heavy atom. The Kier molecular flexibility index (Phi) is 1.11. The van der Waals surface area contributed by atoms with Crippen LogP contribution in [0.2, 0.25) is 0 Å². The first-order valence-corrected chi connectivity index (χ1v) is 3.40. The van der Waals surface area contributed by atoms with Gasteiger partial charge in [0.05, 0.1) is 12.1 Å². The molecule has 0 aliphatic carbocycles. The van der Waals surface area contributed by atoms with Gasteiger partial charge in [-0.15, -0.1) is 0 Å². The zero-order valence-electron chi connectivity index (χ0n) is 5.49. The highest BCUT2D eigenvalue weighted by Gasteiger charge is 2.42. The number of rotatable bonds is 0. The Morgan fingerprint density at radius 1 is 1.70 bits per heavy atom. The Bertz CT molecular complexity index is 170. The van der Waals surface area contributed by atoms with Gasteiger partial charge in [-0.2, -0.15) is 0 Å². The van der Waals surface area contributed by atoms with E-state index in [0.717, 1.165) is 0 Å². The molecule has 4 nitrogen and oxygen atoms in total. The molecule has 2 heterocycles. The molecule has 0 aromatic carbocycles. The van der Waals surface area contributed by atoms with Crippen LogP contribution in [0.15, 0.2) is 0 Å². The van der Waals surface area contributed by atoms with Crippen LogP contribution in [0, 0.1) is 0 Å². The molecule has 2 aliphatic rings. The van der Waals surface area contributed by atoms with Crippen molar-refractivity contribution in [3.63, 3.8) is 0 Å². The van der Waals surface area contributed by atoms with E-state index in [0.29, 0.717) is 19.6 Å². The number of carbonyl (C=O) groups excluding carboxylic acids is 1.